The summed E-state index contributed by atoms with van der Waals surface area (Å²) < 4.78 is 7.72. The Kier molecular flexibility index (Phi) is 7.79. The zero-order chi connectivity index (χ0) is 27.5. The zero-order valence-corrected chi connectivity index (χ0v) is 23.0. The molecule has 0 aliphatic carbocycles. The summed E-state index contributed by atoms with van der Waals surface area (Å²) in [6.45, 7) is 8.99. The molecular formula is C30H36N6O3. The van der Waals surface area contributed by atoms with E-state index in [0.29, 0.717) is 28.5 Å². The number of methoxy groups -OCH3 is 1. The fourth-order valence-electron chi connectivity index (χ4n) is 5.94. The lowest BCUT2D eigenvalue weighted by Gasteiger charge is -2.36. The average Bonchev–Trinajstić information content (AvgIpc) is 3.24. The molecule has 1 amide bonds. The number of rotatable bonds is 8. The number of hydrogen-bond acceptors (Lipinski definition) is 6. The molecule has 1 aliphatic heterocycles. The van der Waals surface area contributed by atoms with Crippen molar-refractivity contribution >= 4 is 16.8 Å². The van der Waals surface area contributed by atoms with Gasteiger partial charge in [0.1, 0.15) is 5.75 Å². The molecule has 1 fully saturated rings. The van der Waals surface area contributed by atoms with Crippen molar-refractivity contribution in [1.82, 2.24) is 29.7 Å². The first-order valence-corrected chi connectivity index (χ1v) is 13.5. The van der Waals surface area contributed by atoms with Crippen molar-refractivity contribution in [1.29, 1.82) is 0 Å². The highest BCUT2D eigenvalue weighted by Gasteiger charge is 2.29. The van der Waals surface area contributed by atoms with E-state index in [1.54, 1.807) is 25.4 Å². The SMILES string of the molecule is COc1cc(C)[nH]c(=O)c1CNC(=O)c1c(C)n([C@H](C)C2CCN(Cc3cnccn3)CC2)c2ccccc12. The molecule has 2 N–H and O–H groups in total. The molecule has 9 nitrogen and oxygen atoms in total. The Hall–Kier alpha value is -3.98. The molecule has 0 spiro atoms. The number of carbonyl (C=O) groups excluding carboxylic acids is 1. The molecule has 4 aromatic rings. The van der Waals surface area contributed by atoms with Crippen molar-refractivity contribution in [3.63, 3.8) is 0 Å². The molecule has 4 heterocycles. The quantitative estimate of drug-likeness (QED) is 0.356. The van der Waals surface area contributed by atoms with Gasteiger partial charge in [-0.15, -0.1) is 0 Å². The summed E-state index contributed by atoms with van der Waals surface area (Å²) in [7, 11) is 1.53. The van der Waals surface area contributed by atoms with Crippen LogP contribution in [0.4, 0.5) is 0 Å². The number of pyridine rings is 1. The smallest absolute Gasteiger partial charge is 0.256 e. The number of amides is 1. The summed E-state index contributed by atoms with van der Waals surface area (Å²) in [5.41, 5.74) is 4.50. The third kappa shape index (κ3) is 5.45. The van der Waals surface area contributed by atoms with Gasteiger partial charge >= 0.3 is 0 Å². The van der Waals surface area contributed by atoms with Crippen LogP contribution < -0.4 is 15.6 Å². The number of nitrogens with zero attached hydrogens (tertiary/aromatic N) is 4. The number of nitrogens with one attached hydrogen (secondary N) is 2. The Bertz CT molecular complexity index is 1520. The maximum Gasteiger partial charge on any atom is 0.256 e. The second-order valence-corrected chi connectivity index (χ2v) is 10.4. The highest BCUT2D eigenvalue weighted by molar-refractivity contribution is 6.08. The molecule has 1 atom stereocenters. The summed E-state index contributed by atoms with van der Waals surface area (Å²) in [6, 6.07) is 10.1. The minimum atomic E-state index is -0.259. The van der Waals surface area contributed by atoms with E-state index in [0.717, 1.165) is 54.8 Å². The van der Waals surface area contributed by atoms with Crippen LogP contribution in [0.3, 0.4) is 0 Å². The molecule has 1 saturated heterocycles. The monoisotopic (exact) mass is 528 g/mol. The third-order valence-electron chi connectivity index (χ3n) is 7.98. The van der Waals surface area contributed by atoms with Crippen LogP contribution >= 0.6 is 0 Å². The predicted octanol–water partition coefficient (Wildman–Crippen LogP) is 4.15. The predicted molar refractivity (Wildman–Crippen MR) is 151 cm³/mol. The van der Waals surface area contributed by atoms with E-state index >= 15 is 0 Å². The number of ether oxygens (including phenoxy) is 1. The van der Waals surface area contributed by atoms with E-state index in [1.807, 2.05) is 31.3 Å². The number of aromatic nitrogens is 4. The number of aromatic amines is 1. The number of fused-ring (bicyclic) bond motifs is 1. The van der Waals surface area contributed by atoms with E-state index in [9.17, 15) is 9.59 Å². The van der Waals surface area contributed by atoms with Crippen molar-refractivity contribution in [2.75, 3.05) is 20.2 Å². The lowest BCUT2D eigenvalue weighted by atomic mass is 9.90. The molecule has 0 unspecified atom stereocenters. The molecule has 0 saturated carbocycles. The van der Waals surface area contributed by atoms with Crippen LogP contribution in [0.5, 0.6) is 5.75 Å². The van der Waals surface area contributed by atoms with Gasteiger partial charge in [0.15, 0.2) is 0 Å². The molecule has 39 heavy (non-hydrogen) atoms. The van der Waals surface area contributed by atoms with Gasteiger partial charge in [0.05, 0.1) is 30.5 Å². The lowest BCUT2D eigenvalue weighted by Crippen LogP contribution is -2.36. The number of likely N-dealkylation sites (tertiary alicyclic amines) is 1. The molecular weight excluding hydrogens is 492 g/mol. The number of benzene rings is 1. The first-order chi connectivity index (χ1) is 18.9. The van der Waals surface area contributed by atoms with Gasteiger partial charge < -0.3 is 19.6 Å². The fraction of sp³-hybridized carbons (Fsp3) is 0.400. The number of para-hydroxylation sites is 1. The highest BCUT2D eigenvalue weighted by Crippen LogP contribution is 2.36. The van der Waals surface area contributed by atoms with Crippen LogP contribution in [-0.2, 0) is 13.1 Å². The summed E-state index contributed by atoms with van der Waals surface area (Å²) in [6.07, 6.45) is 7.43. The Labute approximate surface area is 228 Å². The van der Waals surface area contributed by atoms with E-state index < -0.39 is 0 Å². The van der Waals surface area contributed by atoms with Gasteiger partial charge in [-0.25, -0.2) is 0 Å². The van der Waals surface area contributed by atoms with Crippen LogP contribution in [-0.4, -0.2) is 50.5 Å². The van der Waals surface area contributed by atoms with E-state index in [2.05, 4.69) is 42.7 Å². The molecule has 1 aromatic carbocycles. The summed E-state index contributed by atoms with van der Waals surface area (Å²) in [5.74, 6) is 0.759. The molecule has 9 heteroatoms. The first kappa shape index (κ1) is 26.6. The van der Waals surface area contributed by atoms with Crippen molar-refractivity contribution < 1.29 is 9.53 Å². The van der Waals surface area contributed by atoms with Gasteiger partial charge in [-0.3, -0.25) is 24.5 Å². The number of aryl methyl sites for hydroxylation is 1. The van der Waals surface area contributed by atoms with E-state index in [4.69, 9.17) is 4.74 Å². The topological polar surface area (TPSA) is 105 Å². The highest BCUT2D eigenvalue weighted by atomic mass is 16.5. The van der Waals surface area contributed by atoms with Crippen LogP contribution in [0.25, 0.3) is 10.9 Å². The second-order valence-electron chi connectivity index (χ2n) is 10.4. The maximum atomic E-state index is 13.6. The minimum absolute atomic E-state index is 0.0797. The van der Waals surface area contributed by atoms with Crippen LogP contribution in [0, 0.1) is 19.8 Å². The van der Waals surface area contributed by atoms with Crippen LogP contribution in [0.15, 0.2) is 53.7 Å². The fourth-order valence-corrected chi connectivity index (χ4v) is 5.94. The van der Waals surface area contributed by atoms with E-state index in [-0.39, 0.29) is 24.1 Å². The first-order valence-electron chi connectivity index (χ1n) is 13.5. The normalized spacial score (nSPS) is 15.4. The van der Waals surface area contributed by atoms with Crippen molar-refractivity contribution in [2.24, 2.45) is 5.92 Å². The number of H-pyrrole nitrogens is 1. The largest absolute Gasteiger partial charge is 0.496 e. The molecule has 3 aromatic heterocycles. The average molecular weight is 529 g/mol. The van der Waals surface area contributed by atoms with Gasteiger partial charge in [-0.1, -0.05) is 18.2 Å². The van der Waals surface area contributed by atoms with Crippen molar-refractivity contribution in [2.45, 2.75) is 52.7 Å². The molecule has 1 aliphatic rings. The van der Waals surface area contributed by atoms with Crippen LogP contribution in [0.2, 0.25) is 0 Å². The lowest BCUT2D eigenvalue weighted by molar-refractivity contribution is 0.0951. The Morgan fingerprint density at radius 1 is 1.21 bits per heavy atom. The van der Waals surface area contributed by atoms with Gasteiger partial charge in [0.25, 0.3) is 11.5 Å². The van der Waals surface area contributed by atoms with E-state index in [1.165, 1.54) is 7.11 Å². The van der Waals surface area contributed by atoms with Crippen molar-refractivity contribution in [3.8, 4) is 5.75 Å². The zero-order valence-electron chi connectivity index (χ0n) is 23.0. The molecule has 0 bridgehead atoms. The summed E-state index contributed by atoms with van der Waals surface area (Å²) in [5, 5.41) is 3.89. The number of carbonyl (C=O) groups is 1. The Morgan fingerprint density at radius 2 is 1.97 bits per heavy atom. The third-order valence-corrected chi connectivity index (χ3v) is 7.98. The number of piperidine rings is 1. The Balaban J connectivity index is 1.35. The van der Waals surface area contributed by atoms with Crippen LogP contribution in [0.1, 0.15) is 58.8 Å². The summed E-state index contributed by atoms with van der Waals surface area (Å²) in [4.78, 5) is 39.9. The van der Waals surface area contributed by atoms with Gasteiger partial charge in [0, 0.05) is 53.5 Å². The molecule has 5 rings (SSSR count). The molecule has 204 valence electrons. The summed E-state index contributed by atoms with van der Waals surface area (Å²) >= 11 is 0. The second kappa shape index (κ2) is 11.4. The Morgan fingerprint density at radius 3 is 2.69 bits per heavy atom. The van der Waals surface area contributed by atoms with Crippen molar-refractivity contribution in [3.05, 3.63) is 87.5 Å². The minimum Gasteiger partial charge on any atom is -0.496 e. The number of hydrogen-bond donors (Lipinski definition) is 2. The van der Waals surface area contributed by atoms with Gasteiger partial charge in [-0.2, -0.15) is 0 Å². The standard InChI is InChI=1S/C30H36N6O3/c1-19-15-27(39-4)25(29(37)34-19)17-33-30(38)28-21(3)36(26-8-6-5-7-24(26)28)20(2)22-9-13-35(14-10-22)18-23-16-31-11-12-32-23/h5-8,11-12,15-16,20,22H,9-10,13-14,17-18H2,1-4H3,(H,33,38)(H,34,37)/t20-/m1/s1. The van der Waals surface area contributed by atoms with Gasteiger partial charge in [0.2, 0.25) is 0 Å². The molecule has 0 radical (unpaired) electrons. The van der Waals surface area contributed by atoms with Gasteiger partial charge in [-0.05, 0) is 64.8 Å². The maximum absolute atomic E-state index is 13.6.